The third kappa shape index (κ3) is 0.869. The first-order valence-electron chi connectivity index (χ1n) is 3.39. The Labute approximate surface area is 63.9 Å². The van der Waals surface area contributed by atoms with Crippen LogP contribution in [0.5, 0.6) is 0 Å². The van der Waals surface area contributed by atoms with E-state index in [1.54, 1.807) is 17.1 Å². The number of nitrogens with zero attached hydrogens (tertiary/aromatic N) is 4. The molecule has 2 heterocycles. The van der Waals surface area contributed by atoms with Gasteiger partial charge in [0.25, 0.3) is 0 Å². The highest BCUT2D eigenvalue weighted by molar-refractivity contribution is 5.68. The average molecular weight is 148 g/mol. The van der Waals surface area contributed by atoms with E-state index in [4.69, 9.17) is 0 Å². The summed E-state index contributed by atoms with van der Waals surface area (Å²) in [6.45, 7) is 1.92. The smallest absolute Gasteiger partial charge is 0.176 e. The minimum absolute atomic E-state index is 0.838. The Morgan fingerprint density at radius 1 is 1.36 bits per heavy atom. The molecule has 0 fully saturated rings. The molecule has 0 aromatic carbocycles. The molecule has 56 valence electrons. The van der Waals surface area contributed by atoms with E-state index in [0.717, 1.165) is 16.9 Å². The lowest BCUT2D eigenvalue weighted by Crippen LogP contribution is -1.93. The van der Waals surface area contributed by atoms with Crippen LogP contribution in [0, 0.1) is 6.92 Å². The average Bonchev–Trinajstić information content (AvgIpc) is 2.33. The van der Waals surface area contributed by atoms with Gasteiger partial charge in [0.15, 0.2) is 5.65 Å². The zero-order valence-corrected chi connectivity index (χ0v) is 6.44. The second-order valence-corrected chi connectivity index (χ2v) is 2.49. The topological polar surface area (TPSA) is 43.6 Å². The number of hydrogen-bond acceptors (Lipinski definition) is 3. The van der Waals surface area contributed by atoms with Gasteiger partial charge in [0.05, 0.1) is 11.9 Å². The van der Waals surface area contributed by atoms with Crippen molar-refractivity contribution in [1.29, 1.82) is 0 Å². The van der Waals surface area contributed by atoms with Crippen LogP contribution in [0.2, 0.25) is 0 Å². The highest BCUT2D eigenvalue weighted by atomic mass is 15.3. The molecular weight excluding hydrogens is 140 g/mol. The standard InChI is InChI=1S/C7H8N4/c1-5-3-8-6-4-9-11(2)7(6)10-5/h3-4H,1-2H3. The van der Waals surface area contributed by atoms with Crippen LogP contribution in [0.25, 0.3) is 11.2 Å². The lowest BCUT2D eigenvalue weighted by molar-refractivity contribution is 0.784. The van der Waals surface area contributed by atoms with Gasteiger partial charge in [-0.05, 0) is 6.92 Å². The van der Waals surface area contributed by atoms with E-state index in [1.807, 2.05) is 14.0 Å². The summed E-state index contributed by atoms with van der Waals surface area (Å²) < 4.78 is 1.72. The van der Waals surface area contributed by atoms with Crippen molar-refractivity contribution in [2.24, 2.45) is 7.05 Å². The van der Waals surface area contributed by atoms with E-state index in [-0.39, 0.29) is 0 Å². The SMILES string of the molecule is Cc1cnc2cnn(C)c2n1. The van der Waals surface area contributed by atoms with Crippen LogP contribution < -0.4 is 0 Å². The fourth-order valence-electron chi connectivity index (χ4n) is 0.999. The lowest BCUT2D eigenvalue weighted by atomic mass is 10.5. The first-order valence-corrected chi connectivity index (χ1v) is 3.39. The van der Waals surface area contributed by atoms with Crippen molar-refractivity contribution < 1.29 is 0 Å². The third-order valence-electron chi connectivity index (χ3n) is 1.56. The van der Waals surface area contributed by atoms with Gasteiger partial charge in [0.2, 0.25) is 0 Å². The maximum absolute atomic E-state index is 4.27. The van der Waals surface area contributed by atoms with Crippen molar-refractivity contribution >= 4 is 11.2 Å². The predicted molar refractivity (Wildman–Crippen MR) is 41.0 cm³/mol. The van der Waals surface area contributed by atoms with E-state index < -0.39 is 0 Å². The Bertz CT molecular complexity index is 390. The molecule has 0 unspecified atom stereocenters. The molecular formula is C7H8N4. The fourth-order valence-corrected chi connectivity index (χ4v) is 0.999. The normalized spacial score (nSPS) is 10.7. The number of fused-ring (bicyclic) bond motifs is 1. The lowest BCUT2D eigenvalue weighted by Gasteiger charge is -1.92. The molecule has 4 heteroatoms. The molecule has 11 heavy (non-hydrogen) atoms. The fraction of sp³-hybridized carbons (Fsp3) is 0.286. The first kappa shape index (κ1) is 6.27. The number of aryl methyl sites for hydroxylation is 2. The van der Waals surface area contributed by atoms with Crippen LogP contribution in [0.1, 0.15) is 5.69 Å². The van der Waals surface area contributed by atoms with Gasteiger partial charge in [-0.3, -0.25) is 0 Å². The molecule has 0 bridgehead atoms. The first-order chi connectivity index (χ1) is 5.27. The largest absolute Gasteiger partial charge is 0.249 e. The van der Waals surface area contributed by atoms with Crippen LogP contribution >= 0.6 is 0 Å². The van der Waals surface area contributed by atoms with E-state index in [2.05, 4.69) is 15.1 Å². The Kier molecular flexibility index (Phi) is 1.15. The molecule has 0 N–H and O–H groups in total. The summed E-state index contributed by atoms with van der Waals surface area (Å²) in [6, 6.07) is 0. The number of aromatic nitrogens is 4. The van der Waals surface area contributed by atoms with Crippen molar-refractivity contribution in [1.82, 2.24) is 19.7 Å². The molecule has 0 saturated carbocycles. The Balaban J connectivity index is 2.87. The van der Waals surface area contributed by atoms with Gasteiger partial charge in [-0.2, -0.15) is 5.10 Å². The van der Waals surface area contributed by atoms with E-state index in [0.29, 0.717) is 0 Å². The van der Waals surface area contributed by atoms with Crippen LogP contribution in [0.3, 0.4) is 0 Å². The van der Waals surface area contributed by atoms with E-state index in [9.17, 15) is 0 Å². The molecule has 0 aliphatic heterocycles. The van der Waals surface area contributed by atoms with Gasteiger partial charge in [-0.1, -0.05) is 0 Å². The second kappa shape index (κ2) is 2.02. The van der Waals surface area contributed by atoms with Crippen LogP contribution in [-0.4, -0.2) is 19.7 Å². The van der Waals surface area contributed by atoms with Crippen molar-refractivity contribution in [3.8, 4) is 0 Å². The van der Waals surface area contributed by atoms with Gasteiger partial charge < -0.3 is 0 Å². The second-order valence-electron chi connectivity index (χ2n) is 2.49. The summed E-state index contributed by atoms with van der Waals surface area (Å²) in [7, 11) is 1.86. The zero-order valence-electron chi connectivity index (χ0n) is 6.44. The molecule has 2 aromatic heterocycles. The quantitative estimate of drug-likeness (QED) is 0.551. The minimum Gasteiger partial charge on any atom is -0.249 e. The molecule has 0 aliphatic rings. The van der Waals surface area contributed by atoms with Gasteiger partial charge in [0, 0.05) is 13.2 Å². The third-order valence-corrected chi connectivity index (χ3v) is 1.56. The van der Waals surface area contributed by atoms with Gasteiger partial charge in [-0.15, -0.1) is 0 Å². The molecule has 0 spiro atoms. The Morgan fingerprint density at radius 2 is 2.18 bits per heavy atom. The molecule has 0 saturated heterocycles. The summed E-state index contributed by atoms with van der Waals surface area (Å²) in [5, 5.41) is 4.03. The van der Waals surface area contributed by atoms with Crippen molar-refractivity contribution in [3.63, 3.8) is 0 Å². The van der Waals surface area contributed by atoms with Gasteiger partial charge in [-0.25, -0.2) is 14.6 Å². The molecule has 0 amide bonds. The van der Waals surface area contributed by atoms with Crippen LogP contribution in [0.4, 0.5) is 0 Å². The maximum atomic E-state index is 4.27. The number of hydrogen-bond donors (Lipinski definition) is 0. The van der Waals surface area contributed by atoms with Gasteiger partial charge in [0.1, 0.15) is 5.52 Å². The zero-order chi connectivity index (χ0) is 7.84. The summed E-state index contributed by atoms with van der Waals surface area (Å²) in [4.78, 5) is 8.43. The Morgan fingerprint density at radius 3 is 3.00 bits per heavy atom. The predicted octanol–water partition coefficient (Wildman–Crippen LogP) is 0.672. The molecule has 2 aromatic rings. The summed E-state index contributed by atoms with van der Waals surface area (Å²) in [5.41, 5.74) is 2.60. The van der Waals surface area contributed by atoms with Crippen LogP contribution in [-0.2, 0) is 7.05 Å². The van der Waals surface area contributed by atoms with Crippen molar-refractivity contribution in [2.75, 3.05) is 0 Å². The minimum atomic E-state index is 0.838. The summed E-state index contributed by atoms with van der Waals surface area (Å²) >= 11 is 0. The highest BCUT2D eigenvalue weighted by Gasteiger charge is 2.00. The van der Waals surface area contributed by atoms with Crippen LogP contribution in [0.15, 0.2) is 12.4 Å². The van der Waals surface area contributed by atoms with E-state index in [1.165, 1.54) is 0 Å². The van der Waals surface area contributed by atoms with Crippen molar-refractivity contribution in [2.45, 2.75) is 6.92 Å². The molecule has 4 nitrogen and oxygen atoms in total. The van der Waals surface area contributed by atoms with Gasteiger partial charge >= 0.3 is 0 Å². The maximum Gasteiger partial charge on any atom is 0.176 e. The monoisotopic (exact) mass is 148 g/mol. The molecule has 0 aliphatic carbocycles. The summed E-state index contributed by atoms with van der Waals surface area (Å²) in [6.07, 6.45) is 3.45. The molecule has 0 atom stereocenters. The Hall–Kier alpha value is -1.45. The molecule has 0 radical (unpaired) electrons. The molecule has 2 rings (SSSR count). The van der Waals surface area contributed by atoms with Crippen molar-refractivity contribution in [3.05, 3.63) is 18.1 Å². The summed E-state index contributed by atoms with van der Waals surface area (Å²) in [5.74, 6) is 0. The highest BCUT2D eigenvalue weighted by Crippen LogP contribution is 2.05. The van der Waals surface area contributed by atoms with E-state index >= 15 is 0 Å². The number of rotatable bonds is 0.